The number of hydrogen-bond donors (Lipinski definition) is 2. The van der Waals surface area contributed by atoms with Crippen LogP contribution < -0.4 is 15.4 Å². The number of thioether (sulfide) groups is 1. The second-order valence-corrected chi connectivity index (χ2v) is 8.30. The van der Waals surface area contributed by atoms with E-state index < -0.39 is 10.8 Å². The number of non-ortho nitro benzene ring substituents is 1. The lowest BCUT2D eigenvalue weighted by atomic mass is 10.2. The number of carbonyl (C=O) groups is 2. The summed E-state index contributed by atoms with van der Waals surface area (Å²) in [6.07, 6.45) is 0.446. The first-order valence-electron chi connectivity index (χ1n) is 9.95. The van der Waals surface area contributed by atoms with E-state index >= 15 is 0 Å². The van der Waals surface area contributed by atoms with Crippen LogP contribution in [0.5, 0.6) is 5.75 Å². The van der Waals surface area contributed by atoms with Crippen LogP contribution in [0.15, 0.2) is 47.6 Å². The van der Waals surface area contributed by atoms with Crippen LogP contribution >= 0.6 is 23.4 Å². The second kappa shape index (κ2) is 11.5. The summed E-state index contributed by atoms with van der Waals surface area (Å²) in [5, 5.41) is 25.2. The molecule has 0 aliphatic heterocycles. The summed E-state index contributed by atoms with van der Waals surface area (Å²) in [7, 11) is 3.32. The van der Waals surface area contributed by atoms with Crippen molar-refractivity contribution in [2.45, 2.75) is 11.6 Å². The Balaban J connectivity index is 1.49. The van der Waals surface area contributed by atoms with Crippen molar-refractivity contribution in [2.24, 2.45) is 7.05 Å². The van der Waals surface area contributed by atoms with Gasteiger partial charge in [-0.25, -0.2) is 0 Å². The average molecular weight is 505 g/mol. The molecule has 2 aromatic carbocycles. The maximum absolute atomic E-state index is 12.3. The standard InChI is InChI=1S/C21H21ClN6O5S/c1-27-18(9-10-23-20(30)13-3-6-15(33-2)7-4-13)25-26-21(27)34-12-19(29)24-17-11-14(28(31)32)5-8-16(17)22/h3-8,11H,9-10,12H2,1-2H3,(H,23,30)(H,24,29). The van der Waals surface area contributed by atoms with Crippen molar-refractivity contribution in [3.05, 3.63) is 69.0 Å². The number of ether oxygens (including phenoxy) is 1. The number of rotatable bonds is 10. The minimum absolute atomic E-state index is 0.000794. The van der Waals surface area contributed by atoms with Gasteiger partial charge in [-0.2, -0.15) is 0 Å². The van der Waals surface area contributed by atoms with E-state index in [0.717, 1.165) is 11.8 Å². The molecule has 1 heterocycles. The molecule has 0 radical (unpaired) electrons. The molecular formula is C21H21ClN6O5S. The summed E-state index contributed by atoms with van der Waals surface area (Å²) < 4.78 is 6.81. The average Bonchev–Trinajstić information content (AvgIpc) is 3.18. The fraction of sp³-hybridized carbons (Fsp3) is 0.238. The van der Waals surface area contributed by atoms with Crippen LogP contribution in [0, 0.1) is 10.1 Å². The van der Waals surface area contributed by atoms with E-state index in [4.69, 9.17) is 16.3 Å². The van der Waals surface area contributed by atoms with Gasteiger partial charge in [0.1, 0.15) is 11.6 Å². The largest absolute Gasteiger partial charge is 0.497 e. The Morgan fingerprint density at radius 2 is 1.94 bits per heavy atom. The van der Waals surface area contributed by atoms with Gasteiger partial charge in [-0.15, -0.1) is 10.2 Å². The summed E-state index contributed by atoms with van der Waals surface area (Å²) in [6.45, 7) is 0.354. The zero-order chi connectivity index (χ0) is 24.7. The lowest BCUT2D eigenvalue weighted by molar-refractivity contribution is -0.384. The Kier molecular flexibility index (Phi) is 8.44. The van der Waals surface area contributed by atoms with E-state index in [1.54, 1.807) is 43.0 Å². The van der Waals surface area contributed by atoms with Crippen molar-refractivity contribution in [3.63, 3.8) is 0 Å². The van der Waals surface area contributed by atoms with Gasteiger partial charge in [-0.3, -0.25) is 19.7 Å². The zero-order valence-corrected chi connectivity index (χ0v) is 19.9. The van der Waals surface area contributed by atoms with Crippen molar-refractivity contribution in [3.8, 4) is 5.75 Å². The van der Waals surface area contributed by atoms with Crippen molar-refractivity contribution >= 4 is 46.6 Å². The van der Waals surface area contributed by atoms with Crippen molar-refractivity contribution in [1.82, 2.24) is 20.1 Å². The minimum Gasteiger partial charge on any atom is -0.497 e. The fourth-order valence-corrected chi connectivity index (χ4v) is 3.75. The number of halogens is 1. The van der Waals surface area contributed by atoms with Gasteiger partial charge in [-0.05, 0) is 30.3 Å². The Hall–Kier alpha value is -3.64. The van der Waals surface area contributed by atoms with E-state index in [-0.39, 0.29) is 28.1 Å². The third kappa shape index (κ3) is 6.45. The van der Waals surface area contributed by atoms with E-state index in [1.807, 2.05) is 0 Å². The number of nitro benzene ring substituents is 1. The number of aromatic nitrogens is 3. The number of nitrogens with zero attached hydrogens (tertiary/aromatic N) is 4. The van der Waals surface area contributed by atoms with E-state index in [2.05, 4.69) is 20.8 Å². The minimum atomic E-state index is -0.568. The van der Waals surface area contributed by atoms with Crippen molar-refractivity contribution in [1.29, 1.82) is 0 Å². The zero-order valence-electron chi connectivity index (χ0n) is 18.3. The second-order valence-electron chi connectivity index (χ2n) is 6.95. The third-order valence-corrected chi connectivity index (χ3v) is 6.03. The van der Waals surface area contributed by atoms with E-state index in [9.17, 15) is 19.7 Å². The molecule has 0 atom stereocenters. The molecule has 2 N–H and O–H groups in total. The molecule has 0 spiro atoms. The highest BCUT2D eigenvalue weighted by Crippen LogP contribution is 2.27. The summed E-state index contributed by atoms with van der Waals surface area (Å²) in [4.78, 5) is 34.9. The van der Waals surface area contributed by atoms with Gasteiger partial charge in [0.2, 0.25) is 5.91 Å². The molecule has 0 aliphatic carbocycles. The van der Waals surface area contributed by atoms with Crippen molar-refractivity contribution < 1.29 is 19.2 Å². The molecule has 0 aliphatic rings. The third-order valence-electron chi connectivity index (χ3n) is 4.68. The molecule has 0 unspecified atom stereocenters. The molecule has 11 nitrogen and oxygen atoms in total. The molecule has 34 heavy (non-hydrogen) atoms. The number of carbonyl (C=O) groups excluding carboxylic acids is 2. The highest BCUT2D eigenvalue weighted by atomic mass is 35.5. The molecular weight excluding hydrogens is 484 g/mol. The lowest BCUT2D eigenvalue weighted by Gasteiger charge is -2.08. The number of methoxy groups -OCH3 is 1. The number of hydrogen-bond acceptors (Lipinski definition) is 8. The molecule has 0 saturated carbocycles. The van der Waals surface area contributed by atoms with Crippen LogP contribution in [0.2, 0.25) is 5.02 Å². The number of benzene rings is 2. The SMILES string of the molecule is COc1ccc(C(=O)NCCc2nnc(SCC(=O)Nc3cc([N+](=O)[O-])ccc3Cl)n2C)cc1. The van der Waals surface area contributed by atoms with Gasteiger partial charge in [0.15, 0.2) is 5.16 Å². The Morgan fingerprint density at radius 1 is 1.21 bits per heavy atom. The van der Waals surface area contributed by atoms with Gasteiger partial charge < -0.3 is 19.9 Å². The van der Waals surface area contributed by atoms with Gasteiger partial charge in [0.25, 0.3) is 11.6 Å². The number of nitro groups is 1. The molecule has 0 fully saturated rings. The highest BCUT2D eigenvalue weighted by Gasteiger charge is 2.15. The Labute approximate surface area is 204 Å². The highest BCUT2D eigenvalue weighted by molar-refractivity contribution is 7.99. The Morgan fingerprint density at radius 3 is 2.62 bits per heavy atom. The van der Waals surface area contributed by atoms with Gasteiger partial charge in [0.05, 0.1) is 28.5 Å². The summed E-state index contributed by atoms with van der Waals surface area (Å²) >= 11 is 7.16. The molecule has 2 amide bonds. The first-order chi connectivity index (χ1) is 16.3. The molecule has 1 aromatic heterocycles. The molecule has 178 valence electrons. The molecule has 13 heteroatoms. The van der Waals surface area contributed by atoms with Crippen LogP contribution in [0.25, 0.3) is 0 Å². The van der Waals surface area contributed by atoms with Crippen LogP contribution in [0.1, 0.15) is 16.2 Å². The number of nitrogens with one attached hydrogen (secondary N) is 2. The van der Waals surface area contributed by atoms with E-state index in [1.165, 1.54) is 18.2 Å². The van der Waals surface area contributed by atoms with Gasteiger partial charge in [0, 0.05) is 37.7 Å². The number of amides is 2. The fourth-order valence-electron chi connectivity index (χ4n) is 2.86. The van der Waals surface area contributed by atoms with Crippen LogP contribution in [-0.4, -0.2) is 50.9 Å². The quantitative estimate of drug-likeness (QED) is 0.244. The van der Waals surface area contributed by atoms with Gasteiger partial charge in [-0.1, -0.05) is 23.4 Å². The monoisotopic (exact) mass is 504 g/mol. The molecule has 0 saturated heterocycles. The van der Waals surface area contributed by atoms with Gasteiger partial charge >= 0.3 is 0 Å². The molecule has 3 aromatic rings. The summed E-state index contributed by atoms with van der Waals surface area (Å²) in [5.41, 5.74) is 0.502. The number of anilines is 1. The molecule has 3 rings (SSSR count). The smallest absolute Gasteiger partial charge is 0.271 e. The normalized spacial score (nSPS) is 10.6. The van der Waals surface area contributed by atoms with E-state index in [0.29, 0.717) is 35.3 Å². The predicted octanol–water partition coefficient (Wildman–Crippen LogP) is 3.09. The maximum atomic E-state index is 12.3. The lowest BCUT2D eigenvalue weighted by Crippen LogP contribution is -2.26. The van der Waals surface area contributed by atoms with Crippen LogP contribution in [0.4, 0.5) is 11.4 Å². The van der Waals surface area contributed by atoms with Crippen LogP contribution in [-0.2, 0) is 18.3 Å². The molecule has 0 bridgehead atoms. The maximum Gasteiger partial charge on any atom is 0.271 e. The topological polar surface area (TPSA) is 141 Å². The predicted molar refractivity (Wildman–Crippen MR) is 127 cm³/mol. The van der Waals surface area contributed by atoms with Crippen LogP contribution in [0.3, 0.4) is 0 Å². The summed E-state index contributed by atoms with van der Waals surface area (Å²) in [6, 6.07) is 10.6. The first-order valence-corrected chi connectivity index (χ1v) is 11.3. The first kappa shape index (κ1) is 25.0. The van der Waals surface area contributed by atoms with Crippen molar-refractivity contribution in [2.75, 3.05) is 24.7 Å². The Bertz CT molecular complexity index is 1200. The summed E-state index contributed by atoms with van der Waals surface area (Å²) in [5.74, 6) is 0.695.